The Bertz CT molecular complexity index is 261. The van der Waals surface area contributed by atoms with Gasteiger partial charge >= 0.3 is 5.97 Å². The van der Waals surface area contributed by atoms with Crippen molar-refractivity contribution in [3.63, 3.8) is 0 Å². The van der Waals surface area contributed by atoms with Gasteiger partial charge in [-0.25, -0.2) is 4.79 Å². The quantitative estimate of drug-likeness (QED) is 0.732. The van der Waals surface area contributed by atoms with E-state index in [9.17, 15) is 9.59 Å². The van der Waals surface area contributed by atoms with E-state index in [4.69, 9.17) is 5.11 Å². The van der Waals surface area contributed by atoms with Gasteiger partial charge in [-0.05, 0) is 12.3 Å². The molecule has 1 amide bonds. The molecule has 2 N–H and O–H groups in total. The smallest absolute Gasteiger partial charge is 0.326 e. The fourth-order valence-corrected chi connectivity index (χ4v) is 1.18. The highest BCUT2D eigenvalue weighted by Gasteiger charge is 2.31. The van der Waals surface area contributed by atoms with E-state index in [0.29, 0.717) is 6.42 Å². The standard InChI is InChI=1S/C12H23NO3/c1-6-8(3)9(10(14)15)13-11(16)12(4,5)7-2/h8-9H,6-7H2,1-5H3,(H,13,16)(H,14,15)/t8-,9-/m0/s1. The number of hydrogen-bond acceptors (Lipinski definition) is 2. The van der Waals surface area contributed by atoms with E-state index >= 15 is 0 Å². The van der Waals surface area contributed by atoms with Crippen molar-refractivity contribution < 1.29 is 14.7 Å². The van der Waals surface area contributed by atoms with Crippen molar-refractivity contribution in [1.29, 1.82) is 0 Å². The summed E-state index contributed by atoms with van der Waals surface area (Å²) in [6.45, 7) is 9.30. The summed E-state index contributed by atoms with van der Waals surface area (Å²) in [5, 5.41) is 11.7. The first-order valence-corrected chi connectivity index (χ1v) is 5.80. The number of rotatable bonds is 6. The van der Waals surface area contributed by atoms with Crippen LogP contribution in [0, 0.1) is 11.3 Å². The van der Waals surface area contributed by atoms with Gasteiger partial charge < -0.3 is 10.4 Å². The molecule has 0 aromatic rings. The zero-order chi connectivity index (χ0) is 12.9. The lowest BCUT2D eigenvalue weighted by molar-refractivity contribution is -0.145. The van der Waals surface area contributed by atoms with Gasteiger partial charge in [-0.15, -0.1) is 0 Å². The van der Waals surface area contributed by atoms with E-state index in [1.165, 1.54) is 0 Å². The molecule has 0 fully saturated rings. The number of nitrogens with one attached hydrogen (secondary N) is 1. The molecule has 0 saturated heterocycles. The molecule has 0 aromatic heterocycles. The van der Waals surface area contributed by atoms with Crippen LogP contribution in [-0.2, 0) is 9.59 Å². The SMILES string of the molecule is CC[C@H](C)[C@H](NC(=O)C(C)(C)CC)C(=O)O. The molecule has 4 heteroatoms. The zero-order valence-electron chi connectivity index (χ0n) is 10.8. The van der Waals surface area contributed by atoms with E-state index in [2.05, 4.69) is 5.32 Å². The summed E-state index contributed by atoms with van der Waals surface area (Å²) in [6, 6.07) is -0.789. The van der Waals surface area contributed by atoms with E-state index in [1.807, 2.05) is 34.6 Å². The number of aliphatic carboxylic acids is 1. The lowest BCUT2D eigenvalue weighted by Crippen LogP contribution is -2.49. The maximum atomic E-state index is 11.9. The monoisotopic (exact) mass is 229 g/mol. The zero-order valence-corrected chi connectivity index (χ0v) is 10.8. The highest BCUT2D eigenvalue weighted by molar-refractivity contribution is 5.87. The van der Waals surface area contributed by atoms with Gasteiger partial charge in [0.2, 0.25) is 5.91 Å². The second-order valence-corrected chi connectivity index (χ2v) is 4.91. The molecule has 0 aromatic carbocycles. The summed E-state index contributed by atoms with van der Waals surface area (Å²) >= 11 is 0. The number of carbonyl (C=O) groups is 2. The van der Waals surface area contributed by atoms with Gasteiger partial charge in [0.1, 0.15) is 6.04 Å². The summed E-state index contributed by atoms with van der Waals surface area (Å²) < 4.78 is 0. The van der Waals surface area contributed by atoms with E-state index in [1.54, 1.807) is 0 Å². The minimum atomic E-state index is -0.963. The Morgan fingerprint density at radius 1 is 1.31 bits per heavy atom. The molecular formula is C12H23NO3. The molecule has 4 nitrogen and oxygen atoms in total. The van der Waals surface area contributed by atoms with Gasteiger partial charge in [0, 0.05) is 5.41 Å². The molecule has 0 saturated carbocycles. The average molecular weight is 229 g/mol. The van der Waals surface area contributed by atoms with Crippen LogP contribution in [-0.4, -0.2) is 23.0 Å². The van der Waals surface area contributed by atoms with Crippen LogP contribution in [0.4, 0.5) is 0 Å². The maximum Gasteiger partial charge on any atom is 0.326 e. The summed E-state index contributed by atoms with van der Waals surface area (Å²) in [6.07, 6.45) is 1.41. The summed E-state index contributed by atoms with van der Waals surface area (Å²) in [5.74, 6) is -1.22. The van der Waals surface area contributed by atoms with Crippen LogP contribution < -0.4 is 5.32 Å². The molecule has 0 unspecified atom stereocenters. The molecule has 16 heavy (non-hydrogen) atoms. The summed E-state index contributed by atoms with van der Waals surface area (Å²) in [4.78, 5) is 22.9. The molecular weight excluding hydrogens is 206 g/mol. The summed E-state index contributed by atoms with van der Waals surface area (Å²) in [7, 11) is 0. The molecule has 0 bridgehead atoms. The van der Waals surface area contributed by atoms with Crippen LogP contribution >= 0.6 is 0 Å². The van der Waals surface area contributed by atoms with Crippen molar-refractivity contribution in [1.82, 2.24) is 5.32 Å². The van der Waals surface area contributed by atoms with Crippen molar-refractivity contribution in [3.05, 3.63) is 0 Å². The van der Waals surface area contributed by atoms with E-state index < -0.39 is 17.4 Å². The average Bonchev–Trinajstić information content (AvgIpc) is 2.23. The van der Waals surface area contributed by atoms with E-state index in [-0.39, 0.29) is 11.8 Å². The van der Waals surface area contributed by atoms with Gasteiger partial charge in [-0.2, -0.15) is 0 Å². The Balaban J connectivity index is 4.65. The first kappa shape index (κ1) is 14.9. The van der Waals surface area contributed by atoms with E-state index in [0.717, 1.165) is 6.42 Å². The third kappa shape index (κ3) is 3.83. The number of carboxylic acid groups (broad SMARTS) is 1. The highest BCUT2D eigenvalue weighted by atomic mass is 16.4. The lowest BCUT2D eigenvalue weighted by atomic mass is 9.88. The van der Waals surface area contributed by atoms with Gasteiger partial charge in [0.15, 0.2) is 0 Å². The molecule has 0 spiro atoms. The third-order valence-electron chi connectivity index (χ3n) is 3.26. The Kier molecular flexibility index (Phi) is 5.48. The Hall–Kier alpha value is -1.06. The largest absolute Gasteiger partial charge is 0.480 e. The van der Waals surface area contributed by atoms with Crippen molar-refractivity contribution in [2.45, 2.75) is 53.5 Å². The predicted molar refractivity (Wildman–Crippen MR) is 63.1 cm³/mol. The van der Waals surface area contributed by atoms with Crippen molar-refractivity contribution in [2.75, 3.05) is 0 Å². The fourth-order valence-electron chi connectivity index (χ4n) is 1.18. The van der Waals surface area contributed by atoms with Crippen molar-refractivity contribution in [3.8, 4) is 0 Å². The minimum absolute atomic E-state index is 0.0610. The number of carbonyl (C=O) groups excluding carboxylic acids is 1. The van der Waals surface area contributed by atoms with Gasteiger partial charge in [0.05, 0.1) is 0 Å². The second-order valence-electron chi connectivity index (χ2n) is 4.91. The van der Waals surface area contributed by atoms with Crippen LogP contribution in [0.15, 0.2) is 0 Å². The normalized spacial score (nSPS) is 15.3. The van der Waals surface area contributed by atoms with Gasteiger partial charge in [-0.3, -0.25) is 4.79 Å². The van der Waals surface area contributed by atoms with Gasteiger partial charge in [0.25, 0.3) is 0 Å². The predicted octanol–water partition coefficient (Wildman–Crippen LogP) is 2.04. The molecule has 94 valence electrons. The molecule has 0 heterocycles. The van der Waals surface area contributed by atoms with Crippen LogP contribution in [0.25, 0.3) is 0 Å². The first-order chi connectivity index (χ1) is 7.26. The molecule has 0 aliphatic heterocycles. The van der Waals surface area contributed by atoms with Crippen LogP contribution in [0.1, 0.15) is 47.5 Å². The number of hydrogen-bond donors (Lipinski definition) is 2. The van der Waals surface area contributed by atoms with Gasteiger partial charge in [-0.1, -0.05) is 41.0 Å². The minimum Gasteiger partial charge on any atom is -0.480 e. The topological polar surface area (TPSA) is 66.4 Å². The summed E-state index contributed by atoms with van der Waals surface area (Å²) in [5.41, 5.74) is -0.513. The Labute approximate surface area is 97.4 Å². The highest BCUT2D eigenvalue weighted by Crippen LogP contribution is 2.20. The number of carboxylic acids is 1. The molecule has 0 radical (unpaired) electrons. The maximum absolute atomic E-state index is 11.9. The number of amides is 1. The van der Waals surface area contributed by atoms with Crippen LogP contribution in [0.3, 0.4) is 0 Å². The first-order valence-electron chi connectivity index (χ1n) is 5.80. The molecule has 2 atom stereocenters. The van der Waals surface area contributed by atoms with Crippen molar-refractivity contribution in [2.24, 2.45) is 11.3 Å². The molecule has 0 aliphatic carbocycles. The molecule has 0 rings (SSSR count). The fraction of sp³-hybridized carbons (Fsp3) is 0.833. The molecule has 0 aliphatic rings. The van der Waals surface area contributed by atoms with Crippen LogP contribution in [0.5, 0.6) is 0 Å². The lowest BCUT2D eigenvalue weighted by Gasteiger charge is -2.27. The second kappa shape index (κ2) is 5.87. The van der Waals surface area contributed by atoms with Crippen LogP contribution in [0.2, 0.25) is 0 Å². The van der Waals surface area contributed by atoms with Crippen molar-refractivity contribution >= 4 is 11.9 Å². The Morgan fingerprint density at radius 3 is 2.12 bits per heavy atom. The third-order valence-corrected chi connectivity index (χ3v) is 3.26. The Morgan fingerprint density at radius 2 is 1.81 bits per heavy atom.